The Balaban J connectivity index is 1.54. The van der Waals surface area contributed by atoms with Gasteiger partial charge in [-0.05, 0) is 35.9 Å². The molecule has 0 saturated heterocycles. The number of thiophene rings is 1. The Hall–Kier alpha value is -2.45. The number of fused-ring (bicyclic) bond motifs is 1. The van der Waals surface area contributed by atoms with E-state index in [4.69, 9.17) is 4.74 Å². The standard InChI is InChI=1S/C19H16FN3O2S2/c1-26-19-21-4-2-16(23-19)15-8-13(20)6-12-7-14(25-17(12)15)9-22-18(24)11-3-5-27-10-11/h2-6,8,10,14H,7,9H2,1H3,(H,22,24). The van der Waals surface area contributed by atoms with Crippen molar-refractivity contribution in [1.82, 2.24) is 15.3 Å². The van der Waals surface area contributed by atoms with Crippen LogP contribution in [0.5, 0.6) is 5.75 Å². The average molecular weight is 401 g/mol. The molecule has 1 amide bonds. The van der Waals surface area contributed by atoms with Crippen LogP contribution in [0.4, 0.5) is 4.39 Å². The molecule has 0 fully saturated rings. The molecule has 0 spiro atoms. The Kier molecular flexibility index (Phi) is 5.09. The van der Waals surface area contributed by atoms with Crippen molar-refractivity contribution in [3.8, 4) is 17.0 Å². The maximum Gasteiger partial charge on any atom is 0.252 e. The highest BCUT2D eigenvalue weighted by Crippen LogP contribution is 2.39. The third kappa shape index (κ3) is 3.81. The van der Waals surface area contributed by atoms with E-state index in [9.17, 15) is 9.18 Å². The number of hydrogen-bond acceptors (Lipinski definition) is 6. The summed E-state index contributed by atoms with van der Waals surface area (Å²) in [5, 5.41) is 7.14. The summed E-state index contributed by atoms with van der Waals surface area (Å²) in [6.07, 6.45) is 3.83. The number of aromatic nitrogens is 2. The highest BCUT2D eigenvalue weighted by molar-refractivity contribution is 7.98. The second-order valence-corrected chi connectivity index (χ2v) is 7.59. The predicted octanol–water partition coefficient (Wildman–Crippen LogP) is 3.80. The Morgan fingerprint density at radius 2 is 2.33 bits per heavy atom. The summed E-state index contributed by atoms with van der Waals surface area (Å²) in [6.45, 7) is 0.351. The normalized spacial score (nSPS) is 15.3. The van der Waals surface area contributed by atoms with Gasteiger partial charge in [0.15, 0.2) is 5.16 Å². The fourth-order valence-electron chi connectivity index (χ4n) is 2.99. The van der Waals surface area contributed by atoms with Crippen molar-refractivity contribution in [3.63, 3.8) is 0 Å². The van der Waals surface area contributed by atoms with Gasteiger partial charge in [-0.2, -0.15) is 11.3 Å². The van der Waals surface area contributed by atoms with E-state index in [2.05, 4.69) is 15.3 Å². The average Bonchev–Trinajstić information content (AvgIpc) is 3.35. The van der Waals surface area contributed by atoms with Crippen molar-refractivity contribution in [1.29, 1.82) is 0 Å². The number of rotatable bonds is 5. The third-order valence-corrected chi connectivity index (χ3v) is 5.47. The zero-order valence-electron chi connectivity index (χ0n) is 14.4. The van der Waals surface area contributed by atoms with E-state index in [-0.39, 0.29) is 17.8 Å². The van der Waals surface area contributed by atoms with Gasteiger partial charge in [-0.25, -0.2) is 14.4 Å². The number of ether oxygens (including phenoxy) is 1. The van der Waals surface area contributed by atoms with Crippen LogP contribution in [0.3, 0.4) is 0 Å². The van der Waals surface area contributed by atoms with Gasteiger partial charge < -0.3 is 10.1 Å². The topological polar surface area (TPSA) is 64.1 Å². The lowest BCUT2D eigenvalue weighted by Gasteiger charge is -2.13. The van der Waals surface area contributed by atoms with Crippen LogP contribution in [0.15, 0.2) is 46.4 Å². The number of halogens is 1. The minimum Gasteiger partial charge on any atom is -0.487 e. The third-order valence-electron chi connectivity index (χ3n) is 4.23. The molecule has 0 bridgehead atoms. The van der Waals surface area contributed by atoms with Crippen molar-refractivity contribution in [2.45, 2.75) is 17.7 Å². The molecule has 2 aromatic heterocycles. The van der Waals surface area contributed by atoms with Crippen molar-refractivity contribution in [3.05, 3.63) is 58.2 Å². The first-order chi connectivity index (χ1) is 13.1. The highest BCUT2D eigenvalue weighted by atomic mass is 32.2. The van der Waals surface area contributed by atoms with Gasteiger partial charge in [0.1, 0.15) is 17.7 Å². The van der Waals surface area contributed by atoms with Crippen LogP contribution < -0.4 is 10.1 Å². The number of amides is 1. The number of carbonyl (C=O) groups excluding carboxylic acids is 1. The van der Waals surface area contributed by atoms with E-state index < -0.39 is 0 Å². The molecular weight excluding hydrogens is 385 g/mol. The van der Waals surface area contributed by atoms with E-state index in [0.29, 0.717) is 40.7 Å². The summed E-state index contributed by atoms with van der Waals surface area (Å²) >= 11 is 2.89. The molecule has 4 rings (SSSR count). The molecular formula is C19H16FN3O2S2. The van der Waals surface area contributed by atoms with E-state index in [0.717, 1.165) is 5.56 Å². The Morgan fingerprint density at radius 3 is 3.11 bits per heavy atom. The SMILES string of the molecule is CSc1nccc(-c2cc(F)cc3c2OC(CNC(=O)c2ccsc2)C3)n1. The molecule has 138 valence electrons. The Bertz CT molecular complexity index is 979. The fraction of sp³-hybridized carbons (Fsp3) is 0.211. The first kappa shape index (κ1) is 17.9. The summed E-state index contributed by atoms with van der Waals surface area (Å²) in [5.41, 5.74) is 2.64. The minimum absolute atomic E-state index is 0.136. The predicted molar refractivity (Wildman–Crippen MR) is 104 cm³/mol. The molecule has 1 N–H and O–H groups in total. The Labute approximate surface area is 164 Å². The fourth-order valence-corrected chi connectivity index (χ4v) is 3.98. The molecule has 3 aromatic rings. The van der Waals surface area contributed by atoms with Crippen LogP contribution in [-0.4, -0.2) is 34.8 Å². The monoisotopic (exact) mass is 401 g/mol. The van der Waals surface area contributed by atoms with Crippen molar-refractivity contribution in [2.24, 2.45) is 0 Å². The summed E-state index contributed by atoms with van der Waals surface area (Å²) in [5.74, 6) is 0.152. The van der Waals surface area contributed by atoms with Gasteiger partial charge in [-0.1, -0.05) is 11.8 Å². The molecule has 8 heteroatoms. The minimum atomic E-state index is -0.334. The largest absolute Gasteiger partial charge is 0.487 e. The van der Waals surface area contributed by atoms with E-state index >= 15 is 0 Å². The van der Waals surface area contributed by atoms with Crippen molar-refractivity contribution < 1.29 is 13.9 Å². The Morgan fingerprint density at radius 1 is 1.44 bits per heavy atom. The molecule has 1 aliphatic rings. The molecule has 27 heavy (non-hydrogen) atoms. The molecule has 0 radical (unpaired) electrons. The van der Waals surface area contributed by atoms with Gasteiger partial charge >= 0.3 is 0 Å². The molecule has 1 unspecified atom stereocenters. The van der Waals surface area contributed by atoms with Crippen LogP contribution in [0.25, 0.3) is 11.3 Å². The first-order valence-corrected chi connectivity index (χ1v) is 10.5. The lowest BCUT2D eigenvalue weighted by atomic mass is 10.0. The number of benzene rings is 1. The number of thioether (sulfide) groups is 1. The second kappa shape index (κ2) is 7.66. The van der Waals surface area contributed by atoms with Crippen LogP contribution in [-0.2, 0) is 6.42 Å². The molecule has 3 heterocycles. The van der Waals surface area contributed by atoms with Crippen molar-refractivity contribution in [2.75, 3.05) is 12.8 Å². The first-order valence-electron chi connectivity index (χ1n) is 8.31. The van der Waals surface area contributed by atoms with E-state index in [1.807, 2.05) is 11.6 Å². The molecule has 0 saturated carbocycles. The number of nitrogens with zero attached hydrogens (tertiary/aromatic N) is 2. The van der Waals surface area contributed by atoms with E-state index in [1.54, 1.807) is 23.7 Å². The number of carbonyl (C=O) groups is 1. The van der Waals surface area contributed by atoms with Crippen molar-refractivity contribution >= 4 is 29.0 Å². The maximum absolute atomic E-state index is 14.1. The molecule has 1 atom stereocenters. The smallest absolute Gasteiger partial charge is 0.252 e. The van der Waals surface area contributed by atoms with Gasteiger partial charge in [0.25, 0.3) is 5.91 Å². The summed E-state index contributed by atoms with van der Waals surface area (Å²) in [6, 6.07) is 6.42. The quantitative estimate of drug-likeness (QED) is 0.520. The van der Waals surface area contributed by atoms with E-state index in [1.165, 1.54) is 35.2 Å². The van der Waals surface area contributed by atoms with Gasteiger partial charge in [-0.3, -0.25) is 4.79 Å². The lowest BCUT2D eigenvalue weighted by Crippen LogP contribution is -2.34. The molecule has 1 aromatic carbocycles. The summed E-state index contributed by atoms with van der Waals surface area (Å²) in [4.78, 5) is 20.7. The van der Waals surface area contributed by atoms with Gasteiger partial charge in [-0.15, -0.1) is 0 Å². The number of nitrogens with one attached hydrogen (secondary N) is 1. The van der Waals surface area contributed by atoms with Gasteiger partial charge in [0.05, 0.1) is 12.2 Å². The molecule has 0 aliphatic carbocycles. The summed E-state index contributed by atoms with van der Waals surface area (Å²) in [7, 11) is 0. The highest BCUT2D eigenvalue weighted by Gasteiger charge is 2.28. The van der Waals surface area contributed by atoms with Gasteiger partial charge in [0.2, 0.25) is 0 Å². The maximum atomic E-state index is 14.1. The zero-order valence-corrected chi connectivity index (χ0v) is 16.1. The van der Waals surface area contributed by atoms with Gasteiger partial charge in [0, 0.05) is 34.7 Å². The summed E-state index contributed by atoms with van der Waals surface area (Å²) < 4.78 is 20.2. The van der Waals surface area contributed by atoms with Crippen LogP contribution in [0, 0.1) is 5.82 Å². The second-order valence-electron chi connectivity index (χ2n) is 6.04. The molecule has 5 nitrogen and oxygen atoms in total. The molecule has 1 aliphatic heterocycles. The zero-order chi connectivity index (χ0) is 18.8. The van der Waals surface area contributed by atoms with Crippen LogP contribution >= 0.6 is 23.1 Å². The number of hydrogen-bond donors (Lipinski definition) is 1. The lowest BCUT2D eigenvalue weighted by molar-refractivity contribution is 0.0934. The van der Waals surface area contributed by atoms with Crippen LogP contribution in [0.1, 0.15) is 15.9 Å². The van der Waals surface area contributed by atoms with Crippen LogP contribution in [0.2, 0.25) is 0 Å².